The van der Waals surface area contributed by atoms with E-state index < -0.39 is 26.6 Å². The van der Waals surface area contributed by atoms with Crippen molar-refractivity contribution >= 4 is 26.9 Å². The van der Waals surface area contributed by atoms with Crippen molar-refractivity contribution < 1.29 is 26.4 Å². The standard InChI is InChI=1S/C20H18F2N2O4S/c1-13-14-5-2-3-8-17(14)28-18(13)20(25)23-9-11-24(12-10-23)29(26,27)19-15(21)6-4-7-16(19)22/h2-8H,9-12H2,1H3. The lowest BCUT2D eigenvalue weighted by Gasteiger charge is -2.33. The van der Waals surface area contributed by atoms with Gasteiger partial charge in [-0.25, -0.2) is 17.2 Å². The van der Waals surface area contributed by atoms with Crippen LogP contribution in [0.2, 0.25) is 0 Å². The summed E-state index contributed by atoms with van der Waals surface area (Å²) in [6, 6.07) is 10.2. The Morgan fingerprint density at radius 1 is 0.966 bits per heavy atom. The van der Waals surface area contributed by atoms with Crippen LogP contribution in [0.4, 0.5) is 8.78 Å². The average molecular weight is 420 g/mol. The zero-order chi connectivity index (χ0) is 20.8. The first kappa shape index (κ1) is 19.5. The van der Waals surface area contributed by atoms with Crippen LogP contribution in [0, 0.1) is 18.6 Å². The molecule has 1 aliphatic rings. The van der Waals surface area contributed by atoms with Crippen molar-refractivity contribution in [1.82, 2.24) is 9.21 Å². The molecule has 1 amide bonds. The molecule has 6 nitrogen and oxygen atoms in total. The maximum Gasteiger partial charge on any atom is 0.289 e. The number of carbonyl (C=O) groups is 1. The Labute approximate surface area is 166 Å². The largest absolute Gasteiger partial charge is 0.451 e. The van der Waals surface area contributed by atoms with Gasteiger partial charge < -0.3 is 9.32 Å². The van der Waals surface area contributed by atoms with E-state index in [1.165, 1.54) is 4.90 Å². The second-order valence-electron chi connectivity index (χ2n) is 6.80. The fourth-order valence-electron chi connectivity index (χ4n) is 3.51. The summed E-state index contributed by atoms with van der Waals surface area (Å²) in [6.07, 6.45) is 0. The van der Waals surface area contributed by atoms with Gasteiger partial charge in [-0.2, -0.15) is 4.31 Å². The number of halogens is 2. The van der Waals surface area contributed by atoms with E-state index in [4.69, 9.17) is 4.42 Å². The van der Waals surface area contributed by atoms with Crippen LogP contribution < -0.4 is 0 Å². The first-order valence-corrected chi connectivity index (χ1v) is 10.5. The van der Waals surface area contributed by atoms with Crippen LogP contribution in [0.3, 0.4) is 0 Å². The van der Waals surface area contributed by atoms with Gasteiger partial charge in [0.15, 0.2) is 10.7 Å². The predicted molar refractivity (Wildman–Crippen MR) is 102 cm³/mol. The van der Waals surface area contributed by atoms with Gasteiger partial charge in [0.1, 0.15) is 17.2 Å². The highest BCUT2D eigenvalue weighted by atomic mass is 32.2. The van der Waals surface area contributed by atoms with E-state index in [0.717, 1.165) is 27.9 Å². The summed E-state index contributed by atoms with van der Waals surface area (Å²) in [5, 5.41) is 0.840. The van der Waals surface area contributed by atoms with Crippen LogP contribution in [0.5, 0.6) is 0 Å². The smallest absolute Gasteiger partial charge is 0.289 e. The van der Waals surface area contributed by atoms with E-state index in [-0.39, 0.29) is 37.8 Å². The molecule has 9 heteroatoms. The summed E-state index contributed by atoms with van der Waals surface area (Å²) in [5.74, 6) is -2.40. The summed E-state index contributed by atoms with van der Waals surface area (Å²) in [5.41, 5.74) is 1.32. The number of carbonyl (C=O) groups excluding carboxylic acids is 1. The molecular weight excluding hydrogens is 402 g/mol. The number of hydrogen-bond acceptors (Lipinski definition) is 4. The molecule has 0 radical (unpaired) electrons. The minimum atomic E-state index is -4.34. The van der Waals surface area contributed by atoms with Crippen molar-refractivity contribution in [3.05, 3.63) is 65.4 Å². The van der Waals surface area contributed by atoms with Crippen molar-refractivity contribution in [2.24, 2.45) is 0 Å². The van der Waals surface area contributed by atoms with Crippen molar-refractivity contribution in [3.63, 3.8) is 0 Å². The molecule has 1 saturated heterocycles. The van der Waals surface area contributed by atoms with Crippen LogP contribution in [-0.2, 0) is 10.0 Å². The van der Waals surface area contributed by atoms with Gasteiger partial charge in [0.2, 0.25) is 10.0 Å². The van der Waals surface area contributed by atoms with Gasteiger partial charge in [-0.15, -0.1) is 0 Å². The third-order valence-electron chi connectivity index (χ3n) is 5.08. The third-order valence-corrected chi connectivity index (χ3v) is 7.03. The van der Waals surface area contributed by atoms with E-state index >= 15 is 0 Å². The van der Waals surface area contributed by atoms with Crippen LogP contribution in [0.25, 0.3) is 11.0 Å². The lowest BCUT2D eigenvalue weighted by molar-refractivity contribution is 0.0667. The molecule has 0 unspecified atom stereocenters. The van der Waals surface area contributed by atoms with E-state index in [1.54, 1.807) is 13.0 Å². The zero-order valence-corrected chi connectivity index (χ0v) is 16.4. The lowest BCUT2D eigenvalue weighted by Crippen LogP contribution is -2.50. The number of fused-ring (bicyclic) bond motifs is 1. The van der Waals surface area contributed by atoms with Crippen molar-refractivity contribution in [3.8, 4) is 0 Å². The van der Waals surface area contributed by atoms with Crippen molar-refractivity contribution in [2.45, 2.75) is 11.8 Å². The molecule has 0 saturated carbocycles. The quantitative estimate of drug-likeness (QED) is 0.653. The molecule has 4 rings (SSSR count). The molecule has 1 aliphatic heterocycles. The first-order chi connectivity index (χ1) is 13.8. The maximum absolute atomic E-state index is 14.0. The third kappa shape index (κ3) is 3.30. The van der Waals surface area contributed by atoms with Gasteiger partial charge in [-0.1, -0.05) is 24.3 Å². The highest BCUT2D eigenvalue weighted by Crippen LogP contribution is 2.27. The van der Waals surface area contributed by atoms with Crippen LogP contribution in [0.1, 0.15) is 16.1 Å². The molecule has 0 bridgehead atoms. The molecule has 3 aromatic rings. The van der Waals surface area contributed by atoms with Crippen LogP contribution in [-0.4, -0.2) is 49.7 Å². The summed E-state index contributed by atoms with van der Waals surface area (Å²) < 4.78 is 59.9. The topological polar surface area (TPSA) is 70.8 Å². The van der Waals surface area contributed by atoms with Gasteiger partial charge in [0, 0.05) is 37.1 Å². The highest BCUT2D eigenvalue weighted by Gasteiger charge is 2.35. The molecule has 1 fully saturated rings. The number of rotatable bonds is 3. The molecule has 0 N–H and O–H groups in total. The number of furan rings is 1. The van der Waals surface area contributed by atoms with E-state index in [9.17, 15) is 22.0 Å². The van der Waals surface area contributed by atoms with E-state index in [0.29, 0.717) is 11.1 Å². The number of para-hydroxylation sites is 1. The lowest BCUT2D eigenvalue weighted by atomic mass is 10.1. The van der Waals surface area contributed by atoms with Crippen molar-refractivity contribution in [2.75, 3.05) is 26.2 Å². The number of piperazine rings is 1. The fraction of sp³-hybridized carbons (Fsp3) is 0.250. The Morgan fingerprint density at radius 3 is 2.21 bits per heavy atom. The normalized spacial score (nSPS) is 15.8. The molecule has 0 atom stereocenters. The number of sulfonamides is 1. The zero-order valence-electron chi connectivity index (χ0n) is 15.6. The molecule has 2 heterocycles. The van der Waals surface area contributed by atoms with Crippen LogP contribution >= 0.6 is 0 Å². The van der Waals surface area contributed by atoms with Crippen molar-refractivity contribution in [1.29, 1.82) is 0 Å². The molecular formula is C20H18F2N2O4S. The second kappa shape index (κ2) is 7.23. The van der Waals surface area contributed by atoms with E-state index in [2.05, 4.69) is 0 Å². The highest BCUT2D eigenvalue weighted by molar-refractivity contribution is 7.89. The molecule has 29 heavy (non-hydrogen) atoms. The summed E-state index contributed by atoms with van der Waals surface area (Å²) in [7, 11) is -4.34. The first-order valence-electron chi connectivity index (χ1n) is 9.02. The Bertz CT molecular complexity index is 1180. The fourth-order valence-corrected chi connectivity index (χ4v) is 5.04. The molecule has 0 spiro atoms. The molecule has 152 valence electrons. The van der Waals surface area contributed by atoms with Gasteiger partial charge in [0.05, 0.1) is 0 Å². The number of benzene rings is 2. The second-order valence-corrected chi connectivity index (χ2v) is 8.67. The Morgan fingerprint density at radius 2 is 1.59 bits per heavy atom. The van der Waals surface area contributed by atoms with Gasteiger partial charge >= 0.3 is 0 Å². The summed E-state index contributed by atoms with van der Waals surface area (Å²) in [6.45, 7) is 1.83. The minimum Gasteiger partial charge on any atom is -0.451 e. The van der Waals surface area contributed by atoms with Gasteiger partial charge in [-0.05, 0) is 25.1 Å². The summed E-state index contributed by atoms with van der Waals surface area (Å²) in [4.78, 5) is 13.4. The number of amides is 1. The van der Waals surface area contributed by atoms with E-state index in [1.807, 2.05) is 18.2 Å². The molecule has 0 aliphatic carbocycles. The van der Waals surface area contributed by atoms with Crippen LogP contribution in [0.15, 0.2) is 51.8 Å². The number of aryl methyl sites for hydroxylation is 1. The molecule has 2 aromatic carbocycles. The summed E-state index contributed by atoms with van der Waals surface area (Å²) >= 11 is 0. The predicted octanol–water partition coefficient (Wildman–Crippen LogP) is 3.17. The van der Waals surface area contributed by atoms with Gasteiger partial charge in [-0.3, -0.25) is 4.79 Å². The monoisotopic (exact) mass is 420 g/mol. The number of nitrogens with zero attached hydrogens (tertiary/aromatic N) is 2. The SMILES string of the molecule is Cc1c(C(=O)N2CCN(S(=O)(=O)c3c(F)cccc3F)CC2)oc2ccccc12. The molecule has 1 aromatic heterocycles. The Balaban J connectivity index is 1.53. The minimum absolute atomic E-state index is 0.0683. The average Bonchev–Trinajstić information content (AvgIpc) is 3.04. The van der Waals surface area contributed by atoms with Gasteiger partial charge in [0.25, 0.3) is 5.91 Å². The maximum atomic E-state index is 14.0. The number of hydrogen-bond donors (Lipinski definition) is 0. The Hall–Kier alpha value is -2.78. The Kier molecular flexibility index (Phi) is 4.87.